The predicted molar refractivity (Wildman–Crippen MR) is 98.4 cm³/mol. The Balaban J connectivity index is 1.76. The van der Waals surface area contributed by atoms with Gasteiger partial charge in [0.15, 0.2) is 5.89 Å². The van der Waals surface area contributed by atoms with Crippen LogP contribution in [-0.4, -0.2) is 29.2 Å². The molecule has 2 aromatic heterocycles. The van der Waals surface area contributed by atoms with Gasteiger partial charge in [0.05, 0.1) is 17.8 Å². The van der Waals surface area contributed by atoms with Crippen LogP contribution in [0.1, 0.15) is 42.7 Å². The van der Waals surface area contributed by atoms with E-state index in [2.05, 4.69) is 9.97 Å². The second-order valence-electron chi connectivity index (χ2n) is 7.00. The first-order chi connectivity index (χ1) is 12.4. The average molecular weight is 371 g/mol. The number of rotatable bonds is 3. The molecular formula is C19H21N3O3S. The standard InChI is InChI=1S/C19H21N3O3S/c1-12(2)19-21-15-11-22(8-6-16(15)25-19)26(23,24)17-10-13(3)9-14-5-4-7-20-18(14)17/h4-5,7,9-10,12H,6,8,11H2,1-3H3. The maximum Gasteiger partial charge on any atom is 0.245 e. The Bertz CT molecular complexity index is 1090. The summed E-state index contributed by atoms with van der Waals surface area (Å²) in [5.41, 5.74) is 2.12. The summed E-state index contributed by atoms with van der Waals surface area (Å²) in [5.74, 6) is 1.64. The van der Waals surface area contributed by atoms with Crippen LogP contribution in [0.5, 0.6) is 0 Å². The second-order valence-corrected chi connectivity index (χ2v) is 8.91. The van der Waals surface area contributed by atoms with Gasteiger partial charge in [-0.1, -0.05) is 19.9 Å². The van der Waals surface area contributed by atoms with Crippen molar-refractivity contribution in [2.75, 3.05) is 6.54 Å². The summed E-state index contributed by atoms with van der Waals surface area (Å²) in [6.45, 7) is 6.53. The largest absolute Gasteiger partial charge is 0.445 e. The highest BCUT2D eigenvalue weighted by molar-refractivity contribution is 7.89. The zero-order valence-electron chi connectivity index (χ0n) is 15.1. The molecule has 0 fully saturated rings. The molecule has 0 atom stereocenters. The maximum atomic E-state index is 13.3. The van der Waals surface area contributed by atoms with Gasteiger partial charge >= 0.3 is 0 Å². The molecule has 0 saturated heterocycles. The Morgan fingerprint density at radius 3 is 2.85 bits per heavy atom. The molecule has 4 rings (SSSR count). The fourth-order valence-corrected chi connectivity index (χ4v) is 4.94. The van der Waals surface area contributed by atoms with E-state index in [1.165, 1.54) is 4.31 Å². The topological polar surface area (TPSA) is 76.3 Å². The molecular weight excluding hydrogens is 350 g/mol. The third-order valence-electron chi connectivity index (χ3n) is 4.64. The third kappa shape index (κ3) is 2.81. The van der Waals surface area contributed by atoms with Crippen molar-refractivity contribution >= 4 is 20.9 Å². The fraction of sp³-hybridized carbons (Fsp3) is 0.368. The van der Waals surface area contributed by atoms with Crippen molar-refractivity contribution in [3.05, 3.63) is 53.4 Å². The van der Waals surface area contributed by atoms with E-state index < -0.39 is 10.0 Å². The number of fused-ring (bicyclic) bond motifs is 2. The number of oxazole rings is 1. The predicted octanol–water partition coefficient (Wildman–Crippen LogP) is 3.40. The van der Waals surface area contributed by atoms with E-state index in [0.29, 0.717) is 30.1 Å². The lowest BCUT2D eigenvalue weighted by Gasteiger charge is -2.25. The minimum Gasteiger partial charge on any atom is -0.445 e. The van der Waals surface area contributed by atoms with E-state index in [9.17, 15) is 8.42 Å². The van der Waals surface area contributed by atoms with Crippen molar-refractivity contribution in [2.24, 2.45) is 0 Å². The summed E-state index contributed by atoms with van der Waals surface area (Å²) < 4.78 is 33.9. The van der Waals surface area contributed by atoms with Gasteiger partial charge in [0, 0.05) is 30.5 Å². The first kappa shape index (κ1) is 17.2. The van der Waals surface area contributed by atoms with E-state index in [4.69, 9.17) is 4.42 Å². The van der Waals surface area contributed by atoms with Gasteiger partial charge in [0.2, 0.25) is 10.0 Å². The Kier molecular flexibility index (Phi) is 4.08. The van der Waals surface area contributed by atoms with Crippen LogP contribution >= 0.6 is 0 Å². The van der Waals surface area contributed by atoms with Gasteiger partial charge in [-0.3, -0.25) is 4.98 Å². The van der Waals surface area contributed by atoms with Gasteiger partial charge < -0.3 is 4.42 Å². The number of aryl methyl sites for hydroxylation is 1. The molecule has 3 heterocycles. The van der Waals surface area contributed by atoms with Gasteiger partial charge in [-0.25, -0.2) is 13.4 Å². The summed E-state index contributed by atoms with van der Waals surface area (Å²) in [4.78, 5) is 9.07. The molecule has 1 aliphatic rings. The Morgan fingerprint density at radius 1 is 1.27 bits per heavy atom. The van der Waals surface area contributed by atoms with Crippen LogP contribution in [0.3, 0.4) is 0 Å². The van der Waals surface area contributed by atoms with E-state index in [1.54, 1.807) is 12.3 Å². The second kappa shape index (κ2) is 6.17. The Labute approximate surface area is 152 Å². The smallest absolute Gasteiger partial charge is 0.245 e. The summed E-state index contributed by atoms with van der Waals surface area (Å²) in [5, 5.41) is 0.826. The van der Waals surface area contributed by atoms with Gasteiger partial charge in [-0.05, 0) is 30.7 Å². The molecule has 136 valence electrons. The number of benzene rings is 1. The number of pyridine rings is 1. The monoisotopic (exact) mass is 371 g/mol. The highest BCUT2D eigenvalue weighted by Crippen LogP contribution is 2.30. The SMILES string of the molecule is Cc1cc(S(=O)(=O)N2CCc3oc(C(C)C)nc3C2)c2ncccc2c1. The molecule has 0 unspecified atom stereocenters. The molecule has 0 spiro atoms. The zero-order valence-corrected chi connectivity index (χ0v) is 15.9. The maximum absolute atomic E-state index is 13.3. The quantitative estimate of drug-likeness (QED) is 0.705. The van der Waals surface area contributed by atoms with Gasteiger partial charge in [0.25, 0.3) is 0 Å². The summed E-state index contributed by atoms with van der Waals surface area (Å²) >= 11 is 0. The molecule has 0 amide bonds. The lowest BCUT2D eigenvalue weighted by Crippen LogP contribution is -2.36. The van der Waals surface area contributed by atoms with E-state index in [0.717, 1.165) is 16.7 Å². The van der Waals surface area contributed by atoms with Gasteiger partial charge in [0.1, 0.15) is 10.7 Å². The van der Waals surface area contributed by atoms with Crippen LogP contribution in [-0.2, 0) is 23.0 Å². The van der Waals surface area contributed by atoms with Crippen LogP contribution in [0.4, 0.5) is 0 Å². The van der Waals surface area contributed by atoms with Crippen LogP contribution in [0, 0.1) is 6.92 Å². The molecule has 0 aliphatic carbocycles. The lowest BCUT2D eigenvalue weighted by molar-refractivity contribution is 0.354. The van der Waals surface area contributed by atoms with E-state index in [-0.39, 0.29) is 17.4 Å². The summed E-state index contributed by atoms with van der Waals surface area (Å²) in [6.07, 6.45) is 2.16. The first-order valence-electron chi connectivity index (χ1n) is 8.70. The fourth-order valence-electron chi connectivity index (χ4n) is 3.28. The average Bonchev–Trinajstić information content (AvgIpc) is 3.04. The van der Waals surface area contributed by atoms with Crippen molar-refractivity contribution in [3.63, 3.8) is 0 Å². The zero-order chi connectivity index (χ0) is 18.5. The molecule has 7 heteroatoms. The van der Waals surface area contributed by atoms with Crippen molar-refractivity contribution in [1.29, 1.82) is 0 Å². The number of sulfonamides is 1. The van der Waals surface area contributed by atoms with Crippen LogP contribution in [0.15, 0.2) is 39.8 Å². The normalized spacial score (nSPS) is 15.5. The highest BCUT2D eigenvalue weighted by atomic mass is 32.2. The Hall–Kier alpha value is -2.25. The molecule has 0 radical (unpaired) electrons. The molecule has 0 saturated carbocycles. The minimum absolute atomic E-state index is 0.176. The molecule has 1 aliphatic heterocycles. The van der Waals surface area contributed by atoms with Crippen LogP contribution in [0.2, 0.25) is 0 Å². The molecule has 0 bridgehead atoms. The number of hydrogen-bond acceptors (Lipinski definition) is 5. The molecule has 1 aromatic carbocycles. The van der Waals surface area contributed by atoms with Crippen LogP contribution < -0.4 is 0 Å². The van der Waals surface area contributed by atoms with Gasteiger partial charge in [-0.15, -0.1) is 0 Å². The van der Waals surface area contributed by atoms with E-state index in [1.807, 2.05) is 39.0 Å². The third-order valence-corrected chi connectivity index (χ3v) is 6.49. The van der Waals surface area contributed by atoms with Crippen molar-refractivity contribution in [3.8, 4) is 0 Å². The Morgan fingerprint density at radius 2 is 2.08 bits per heavy atom. The molecule has 6 nitrogen and oxygen atoms in total. The minimum atomic E-state index is -3.68. The van der Waals surface area contributed by atoms with Crippen molar-refractivity contribution in [2.45, 2.75) is 44.6 Å². The molecule has 0 N–H and O–H groups in total. The lowest BCUT2D eigenvalue weighted by atomic mass is 10.1. The van der Waals surface area contributed by atoms with Crippen molar-refractivity contribution in [1.82, 2.24) is 14.3 Å². The van der Waals surface area contributed by atoms with Crippen molar-refractivity contribution < 1.29 is 12.8 Å². The highest BCUT2D eigenvalue weighted by Gasteiger charge is 2.33. The molecule has 26 heavy (non-hydrogen) atoms. The molecule has 3 aromatic rings. The first-order valence-corrected chi connectivity index (χ1v) is 10.1. The summed E-state index contributed by atoms with van der Waals surface area (Å²) in [7, 11) is -3.68. The summed E-state index contributed by atoms with van der Waals surface area (Å²) in [6, 6.07) is 7.34. The number of hydrogen-bond donors (Lipinski definition) is 0. The van der Waals surface area contributed by atoms with E-state index >= 15 is 0 Å². The number of aromatic nitrogens is 2. The van der Waals surface area contributed by atoms with Gasteiger partial charge in [-0.2, -0.15) is 4.31 Å². The number of nitrogens with zero attached hydrogens (tertiary/aromatic N) is 3. The van der Waals surface area contributed by atoms with Crippen LogP contribution in [0.25, 0.3) is 10.9 Å².